The molecule has 0 unspecified atom stereocenters. The number of nitrogens with two attached hydrogens (primary N) is 1. The third kappa shape index (κ3) is 7.37. The van der Waals surface area contributed by atoms with Crippen LogP contribution in [0.15, 0.2) is 103 Å². The van der Waals surface area contributed by atoms with Gasteiger partial charge in [0.2, 0.25) is 5.91 Å². The molecule has 1 amide bonds. The summed E-state index contributed by atoms with van der Waals surface area (Å²) in [6.45, 7) is 2.79. The molecule has 0 aliphatic carbocycles. The van der Waals surface area contributed by atoms with Crippen LogP contribution in [0, 0.1) is 0 Å². The van der Waals surface area contributed by atoms with Crippen LogP contribution in [-0.4, -0.2) is 37.6 Å². The predicted octanol–water partition coefficient (Wildman–Crippen LogP) is 6.55. The smallest absolute Gasteiger partial charge is 0.248 e. The molecule has 4 rings (SSSR count). The number of nitrogens with zero attached hydrogens (tertiary/aromatic N) is 1. The van der Waals surface area contributed by atoms with Crippen molar-refractivity contribution in [1.82, 2.24) is 4.90 Å². The van der Waals surface area contributed by atoms with E-state index in [0.29, 0.717) is 23.7 Å². The molecule has 4 aromatic carbocycles. The van der Waals surface area contributed by atoms with Crippen LogP contribution >= 0.6 is 11.6 Å². The SMILES string of the molecule is COc1ccc(C(N)=O)cc1OCCCN(Cc1ccccc1Cl)CC(c1ccccc1)c1ccccc1. The molecule has 0 aliphatic heterocycles. The Labute approximate surface area is 229 Å². The van der Waals surface area contributed by atoms with Crippen molar-refractivity contribution in [1.29, 1.82) is 0 Å². The Balaban J connectivity index is 1.51. The van der Waals surface area contributed by atoms with Gasteiger partial charge in [0, 0.05) is 36.1 Å². The number of carbonyl (C=O) groups is 1. The highest BCUT2D eigenvalue weighted by Crippen LogP contribution is 2.29. The van der Waals surface area contributed by atoms with Crippen molar-refractivity contribution < 1.29 is 14.3 Å². The van der Waals surface area contributed by atoms with Gasteiger partial charge >= 0.3 is 0 Å². The van der Waals surface area contributed by atoms with E-state index in [1.54, 1.807) is 25.3 Å². The van der Waals surface area contributed by atoms with Crippen LogP contribution in [0.2, 0.25) is 5.02 Å². The van der Waals surface area contributed by atoms with Gasteiger partial charge in [0.1, 0.15) is 0 Å². The van der Waals surface area contributed by atoms with Crippen LogP contribution in [0.3, 0.4) is 0 Å². The van der Waals surface area contributed by atoms with Crippen molar-refractivity contribution in [3.63, 3.8) is 0 Å². The topological polar surface area (TPSA) is 64.8 Å². The molecule has 0 saturated heterocycles. The van der Waals surface area contributed by atoms with E-state index in [4.69, 9.17) is 26.8 Å². The minimum Gasteiger partial charge on any atom is -0.493 e. The lowest BCUT2D eigenvalue weighted by Gasteiger charge is -2.29. The van der Waals surface area contributed by atoms with Crippen LogP contribution < -0.4 is 15.2 Å². The maximum absolute atomic E-state index is 11.6. The first-order valence-corrected chi connectivity index (χ1v) is 13.1. The molecule has 0 bridgehead atoms. The number of amides is 1. The van der Waals surface area contributed by atoms with Crippen molar-refractivity contribution in [2.75, 3.05) is 26.8 Å². The van der Waals surface area contributed by atoms with Gasteiger partial charge in [0.15, 0.2) is 11.5 Å². The second kappa shape index (κ2) is 13.7. The zero-order valence-corrected chi connectivity index (χ0v) is 22.3. The number of benzene rings is 4. The number of carbonyl (C=O) groups excluding carboxylic acids is 1. The first-order chi connectivity index (χ1) is 18.5. The molecule has 196 valence electrons. The fraction of sp³-hybridized carbons (Fsp3) is 0.219. The Kier molecular flexibility index (Phi) is 9.79. The zero-order valence-electron chi connectivity index (χ0n) is 21.6. The van der Waals surface area contributed by atoms with Gasteiger partial charge in [0.25, 0.3) is 0 Å². The van der Waals surface area contributed by atoms with E-state index in [0.717, 1.165) is 36.6 Å². The van der Waals surface area contributed by atoms with E-state index in [-0.39, 0.29) is 5.92 Å². The van der Waals surface area contributed by atoms with Crippen LogP contribution in [0.1, 0.15) is 39.4 Å². The lowest BCUT2D eigenvalue weighted by molar-refractivity contribution is 0.0999. The summed E-state index contributed by atoms with van der Waals surface area (Å²) < 4.78 is 11.4. The molecule has 2 N–H and O–H groups in total. The highest BCUT2D eigenvalue weighted by molar-refractivity contribution is 6.31. The molecular formula is C32H33ClN2O3. The van der Waals surface area contributed by atoms with E-state index in [1.165, 1.54) is 11.1 Å². The summed E-state index contributed by atoms with van der Waals surface area (Å²) in [5.41, 5.74) is 9.46. The number of rotatable bonds is 13. The van der Waals surface area contributed by atoms with E-state index in [9.17, 15) is 4.79 Å². The van der Waals surface area contributed by atoms with Crippen LogP contribution in [0.25, 0.3) is 0 Å². The predicted molar refractivity (Wildman–Crippen MR) is 153 cm³/mol. The second-order valence-corrected chi connectivity index (χ2v) is 9.54. The van der Waals surface area contributed by atoms with Crippen LogP contribution in [-0.2, 0) is 6.54 Å². The molecule has 0 heterocycles. The average Bonchev–Trinajstić information content (AvgIpc) is 2.95. The summed E-state index contributed by atoms with van der Waals surface area (Å²) in [4.78, 5) is 14.0. The molecule has 0 saturated carbocycles. The largest absolute Gasteiger partial charge is 0.493 e. The van der Waals surface area contributed by atoms with Gasteiger partial charge in [-0.2, -0.15) is 0 Å². The summed E-state index contributed by atoms with van der Waals surface area (Å²) in [6, 6.07) is 34.1. The number of hydrogen-bond acceptors (Lipinski definition) is 4. The Bertz CT molecular complexity index is 1280. The Morgan fingerprint density at radius 1 is 0.868 bits per heavy atom. The van der Waals surface area contributed by atoms with Crippen molar-refractivity contribution in [2.45, 2.75) is 18.9 Å². The van der Waals surface area contributed by atoms with Gasteiger partial charge in [-0.05, 0) is 47.4 Å². The van der Waals surface area contributed by atoms with E-state index in [1.807, 2.05) is 30.3 Å². The molecule has 6 heteroatoms. The van der Waals surface area contributed by atoms with Gasteiger partial charge < -0.3 is 15.2 Å². The molecule has 0 spiro atoms. The monoisotopic (exact) mass is 528 g/mol. The highest BCUT2D eigenvalue weighted by Gasteiger charge is 2.19. The van der Waals surface area contributed by atoms with Gasteiger partial charge in [-0.3, -0.25) is 9.69 Å². The fourth-order valence-corrected chi connectivity index (χ4v) is 4.74. The molecule has 5 nitrogen and oxygen atoms in total. The highest BCUT2D eigenvalue weighted by atomic mass is 35.5. The minimum atomic E-state index is -0.503. The van der Waals surface area contributed by atoms with Gasteiger partial charge in [-0.25, -0.2) is 0 Å². The number of primary amides is 1. The zero-order chi connectivity index (χ0) is 26.7. The maximum Gasteiger partial charge on any atom is 0.248 e. The quantitative estimate of drug-likeness (QED) is 0.200. The number of ether oxygens (including phenoxy) is 2. The minimum absolute atomic E-state index is 0.202. The molecule has 0 aliphatic rings. The molecule has 0 atom stereocenters. The third-order valence-corrected chi connectivity index (χ3v) is 6.89. The standard InChI is InChI=1S/C32H33ClN2O3/c1-37-30-18-17-26(32(34)36)21-31(30)38-20-10-19-35(22-27-15-8-9-16-29(27)33)23-28(24-11-4-2-5-12-24)25-13-6-3-7-14-25/h2-9,11-18,21,28H,10,19-20,22-23H2,1H3,(H2,34,36). The Morgan fingerprint density at radius 3 is 2.11 bits per heavy atom. The van der Waals surface area contributed by atoms with E-state index in [2.05, 4.69) is 59.5 Å². The normalized spacial score (nSPS) is 11.1. The molecule has 38 heavy (non-hydrogen) atoms. The lowest BCUT2D eigenvalue weighted by Crippen LogP contribution is -2.31. The number of halogens is 1. The summed E-state index contributed by atoms with van der Waals surface area (Å²) in [7, 11) is 1.57. The van der Waals surface area contributed by atoms with Crippen molar-refractivity contribution in [3.05, 3.63) is 130 Å². The van der Waals surface area contributed by atoms with Gasteiger partial charge in [0.05, 0.1) is 13.7 Å². The lowest BCUT2D eigenvalue weighted by atomic mass is 9.90. The second-order valence-electron chi connectivity index (χ2n) is 9.13. The van der Waals surface area contributed by atoms with Crippen LogP contribution in [0.4, 0.5) is 0 Å². The molecule has 0 radical (unpaired) electrons. The summed E-state index contributed by atoms with van der Waals surface area (Å²) in [5.74, 6) is 0.772. The maximum atomic E-state index is 11.6. The Morgan fingerprint density at radius 2 is 1.50 bits per heavy atom. The molecular weight excluding hydrogens is 496 g/mol. The summed E-state index contributed by atoms with van der Waals surface area (Å²) in [5, 5.41) is 0.762. The molecule has 4 aromatic rings. The molecule has 0 fully saturated rings. The van der Waals surface area contributed by atoms with Gasteiger partial charge in [-0.15, -0.1) is 0 Å². The number of methoxy groups -OCH3 is 1. The van der Waals surface area contributed by atoms with Crippen molar-refractivity contribution in [2.24, 2.45) is 5.73 Å². The third-order valence-electron chi connectivity index (χ3n) is 6.52. The first kappa shape index (κ1) is 27.2. The molecule has 0 aromatic heterocycles. The van der Waals surface area contributed by atoms with E-state index < -0.39 is 5.91 Å². The van der Waals surface area contributed by atoms with Crippen LogP contribution in [0.5, 0.6) is 11.5 Å². The van der Waals surface area contributed by atoms with E-state index >= 15 is 0 Å². The number of hydrogen-bond donors (Lipinski definition) is 1. The fourth-order valence-electron chi connectivity index (χ4n) is 4.55. The first-order valence-electron chi connectivity index (χ1n) is 12.7. The Hall–Kier alpha value is -3.80. The average molecular weight is 529 g/mol. The van der Waals surface area contributed by atoms with Gasteiger partial charge in [-0.1, -0.05) is 90.5 Å². The summed E-state index contributed by atoms with van der Waals surface area (Å²) >= 11 is 6.55. The summed E-state index contributed by atoms with van der Waals surface area (Å²) in [6.07, 6.45) is 0.769. The van der Waals surface area contributed by atoms with Crippen molar-refractivity contribution in [3.8, 4) is 11.5 Å². The van der Waals surface area contributed by atoms with Crippen molar-refractivity contribution >= 4 is 17.5 Å².